The fraction of sp³-hybridized carbons (Fsp3) is 0.231. The lowest BCUT2D eigenvalue weighted by Gasteiger charge is -2.12. The first-order valence-corrected chi connectivity index (χ1v) is 11.0. The minimum Gasteiger partial charge on any atom is -0.339 e. The van der Waals surface area contributed by atoms with Gasteiger partial charge in [-0.3, -0.25) is 19.4 Å². The third-order valence-electron chi connectivity index (χ3n) is 5.92. The summed E-state index contributed by atoms with van der Waals surface area (Å²) in [5.41, 5.74) is 3.50. The minimum absolute atomic E-state index is 0.0431. The lowest BCUT2D eigenvalue weighted by molar-refractivity contribution is 0.0968. The van der Waals surface area contributed by atoms with Gasteiger partial charge < -0.3 is 14.5 Å². The van der Waals surface area contributed by atoms with Crippen molar-refractivity contribution in [3.05, 3.63) is 93.8 Å². The molecule has 0 aliphatic rings. The highest BCUT2D eigenvalue weighted by molar-refractivity contribution is 6.08. The molecule has 0 saturated carbocycles. The lowest BCUT2D eigenvalue weighted by atomic mass is 10.1. The number of Topliss-reactive ketones (excluding diaryl/α,β-unsaturated/α-hetero) is 1. The average Bonchev–Trinajstić information content (AvgIpc) is 3.13. The van der Waals surface area contributed by atoms with E-state index in [1.54, 1.807) is 65.0 Å². The van der Waals surface area contributed by atoms with Crippen molar-refractivity contribution in [1.29, 1.82) is 0 Å². The Balaban J connectivity index is 1.84. The molecule has 0 fully saturated rings. The van der Waals surface area contributed by atoms with Crippen LogP contribution in [0, 0.1) is 0 Å². The Bertz CT molecular complexity index is 1390. The summed E-state index contributed by atoms with van der Waals surface area (Å²) in [6.07, 6.45) is 4.30. The molecule has 0 bridgehead atoms. The summed E-state index contributed by atoms with van der Waals surface area (Å²) >= 11 is 0. The van der Waals surface area contributed by atoms with Gasteiger partial charge in [0.2, 0.25) is 0 Å². The van der Waals surface area contributed by atoms with Gasteiger partial charge in [-0.1, -0.05) is 44.2 Å². The van der Waals surface area contributed by atoms with Gasteiger partial charge >= 0.3 is 0 Å². The number of ketones is 1. The summed E-state index contributed by atoms with van der Waals surface area (Å²) in [6, 6.07) is 14.3. The number of nitrogens with one attached hydrogen (secondary N) is 1. The number of benzene rings is 1. The first kappa shape index (κ1) is 22.2. The SMILES string of the molecule is CCc1c(C(=O)Nc2ccncc2)n(C)c2cc(CC)n(CC(=O)c3ccccc3)c(=O)c12. The maximum absolute atomic E-state index is 13.7. The van der Waals surface area contributed by atoms with Gasteiger partial charge in [0, 0.05) is 36.4 Å². The van der Waals surface area contributed by atoms with E-state index in [1.807, 2.05) is 26.0 Å². The van der Waals surface area contributed by atoms with Crippen molar-refractivity contribution >= 4 is 28.3 Å². The van der Waals surface area contributed by atoms with Crippen molar-refractivity contribution in [2.24, 2.45) is 7.05 Å². The first-order valence-electron chi connectivity index (χ1n) is 11.0. The van der Waals surface area contributed by atoms with Crippen LogP contribution < -0.4 is 10.9 Å². The molecule has 1 aromatic carbocycles. The summed E-state index contributed by atoms with van der Waals surface area (Å²) in [5.74, 6) is -0.419. The number of aryl methyl sites for hydroxylation is 3. The van der Waals surface area contributed by atoms with Crippen LogP contribution in [0.15, 0.2) is 65.7 Å². The van der Waals surface area contributed by atoms with E-state index < -0.39 is 0 Å². The van der Waals surface area contributed by atoms with Crippen LogP contribution in [-0.2, 0) is 26.4 Å². The molecule has 168 valence electrons. The zero-order chi connectivity index (χ0) is 23.5. The maximum Gasteiger partial charge on any atom is 0.272 e. The van der Waals surface area contributed by atoms with Gasteiger partial charge in [0.15, 0.2) is 5.78 Å². The molecular weight excluding hydrogens is 416 g/mol. The maximum atomic E-state index is 13.7. The number of nitrogens with zero attached hydrogens (tertiary/aromatic N) is 3. The topological polar surface area (TPSA) is 86.0 Å². The van der Waals surface area contributed by atoms with E-state index in [9.17, 15) is 14.4 Å². The molecule has 0 aliphatic heterocycles. The van der Waals surface area contributed by atoms with E-state index in [2.05, 4.69) is 10.3 Å². The summed E-state index contributed by atoms with van der Waals surface area (Å²) < 4.78 is 3.32. The smallest absolute Gasteiger partial charge is 0.272 e. The normalized spacial score (nSPS) is 11.0. The fourth-order valence-corrected chi connectivity index (χ4v) is 4.26. The summed E-state index contributed by atoms with van der Waals surface area (Å²) in [6.45, 7) is 3.83. The molecule has 1 amide bonds. The van der Waals surface area contributed by atoms with Crippen molar-refractivity contribution in [2.75, 3.05) is 5.32 Å². The summed E-state index contributed by atoms with van der Waals surface area (Å²) in [4.78, 5) is 43.7. The zero-order valence-corrected chi connectivity index (χ0v) is 19.0. The molecule has 0 aliphatic carbocycles. The molecule has 7 nitrogen and oxygen atoms in total. The molecule has 0 unspecified atom stereocenters. The van der Waals surface area contributed by atoms with Crippen molar-refractivity contribution in [3.63, 3.8) is 0 Å². The van der Waals surface area contributed by atoms with Crippen LogP contribution in [0.1, 0.15) is 46.0 Å². The molecule has 0 radical (unpaired) electrons. The van der Waals surface area contributed by atoms with Gasteiger partial charge in [0.05, 0.1) is 17.4 Å². The highest BCUT2D eigenvalue weighted by Gasteiger charge is 2.24. The number of aromatic nitrogens is 3. The third-order valence-corrected chi connectivity index (χ3v) is 5.92. The molecule has 0 saturated heterocycles. The van der Waals surface area contributed by atoms with E-state index in [-0.39, 0.29) is 23.8 Å². The van der Waals surface area contributed by atoms with Gasteiger partial charge in [-0.25, -0.2) is 0 Å². The van der Waals surface area contributed by atoms with Crippen LogP contribution in [0.4, 0.5) is 5.69 Å². The molecule has 33 heavy (non-hydrogen) atoms. The van der Waals surface area contributed by atoms with Crippen LogP contribution in [0.5, 0.6) is 0 Å². The number of amides is 1. The van der Waals surface area contributed by atoms with Crippen molar-refractivity contribution < 1.29 is 9.59 Å². The number of carbonyl (C=O) groups excluding carboxylic acids is 2. The monoisotopic (exact) mass is 442 g/mol. The molecule has 4 rings (SSSR count). The second-order valence-electron chi connectivity index (χ2n) is 7.86. The van der Waals surface area contributed by atoms with Gasteiger partial charge in [-0.2, -0.15) is 0 Å². The number of anilines is 1. The van der Waals surface area contributed by atoms with Crippen molar-refractivity contribution in [1.82, 2.24) is 14.1 Å². The van der Waals surface area contributed by atoms with Crippen LogP contribution in [0.2, 0.25) is 0 Å². The van der Waals surface area contributed by atoms with E-state index in [0.29, 0.717) is 46.3 Å². The Hall–Kier alpha value is -4.00. The van der Waals surface area contributed by atoms with E-state index in [4.69, 9.17) is 0 Å². The van der Waals surface area contributed by atoms with Crippen LogP contribution >= 0.6 is 0 Å². The predicted molar refractivity (Wildman–Crippen MR) is 129 cm³/mol. The Morgan fingerprint density at radius 1 is 1.00 bits per heavy atom. The number of pyridine rings is 2. The van der Waals surface area contributed by atoms with E-state index in [0.717, 1.165) is 5.69 Å². The first-order chi connectivity index (χ1) is 16.0. The molecule has 3 heterocycles. The average molecular weight is 443 g/mol. The number of rotatable bonds is 7. The minimum atomic E-state index is -0.291. The standard InChI is InChI=1S/C26H26N4O3/c1-4-19-15-21-23(26(33)30(19)16-22(31)17-9-7-6-8-10-17)20(5-2)24(29(21)3)25(32)28-18-11-13-27-14-12-18/h6-15H,4-5,16H2,1-3H3,(H,27,28,32). The molecular formula is C26H26N4O3. The molecule has 0 spiro atoms. The zero-order valence-electron chi connectivity index (χ0n) is 19.0. The fourth-order valence-electron chi connectivity index (χ4n) is 4.26. The van der Waals surface area contributed by atoms with Crippen molar-refractivity contribution in [2.45, 2.75) is 33.2 Å². The Morgan fingerprint density at radius 3 is 2.33 bits per heavy atom. The van der Waals surface area contributed by atoms with E-state index >= 15 is 0 Å². The number of hydrogen-bond acceptors (Lipinski definition) is 4. The molecule has 7 heteroatoms. The number of fused-ring (bicyclic) bond motifs is 1. The molecule has 0 atom stereocenters. The molecule has 3 aromatic heterocycles. The van der Waals surface area contributed by atoms with Gasteiger partial charge in [-0.05, 0) is 36.6 Å². The Labute approximate surface area is 191 Å². The van der Waals surface area contributed by atoms with Crippen molar-refractivity contribution in [3.8, 4) is 0 Å². The van der Waals surface area contributed by atoms with Gasteiger partial charge in [-0.15, -0.1) is 0 Å². The number of hydrogen-bond donors (Lipinski definition) is 1. The highest BCUT2D eigenvalue weighted by atomic mass is 16.2. The largest absolute Gasteiger partial charge is 0.339 e. The number of carbonyl (C=O) groups is 2. The summed E-state index contributed by atoms with van der Waals surface area (Å²) in [5, 5.41) is 3.37. The van der Waals surface area contributed by atoms with E-state index in [1.165, 1.54) is 0 Å². The van der Waals surface area contributed by atoms with Gasteiger partial charge in [0.25, 0.3) is 11.5 Å². The van der Waals surface area contributed by atoms with Crippen LogP contribution in [0.3, 0.4) is 0 Å². The third kappa shape index (κ3) is 4.09. The predicted octanol–water partition coefficient (Wildman–Crippen LogP) is 4.00. The molecule has 4 aromatic rings. The second kappa shape index (κ2) is 9.24. The van der Waals surface area contributed by atoms with Gasteiger partial charge in [0.1, 0.15) is 5.69 Å². The quantitative estimate of drug-likeness (QED) is 0.439. The van der Waals surface area contributed by atoms with Crippen LogP contribution in [-0.4, -0.2) is 25.8 Å². The highest BCUT2D eigenvalue weighted by Crippen LogP contribution is 2.26. The Morgan fingerprint density at radius 2 is 1.70 bits per heavy atom. The Kier molecular flexibility index (Phi) is 6.22. The molecule has 1 N–H and O–H groups in total. The second-order valence-corrected chi connectivity index (χ2v) is 7.86. The van der Waals surface area contributed by atoms with Crippen LogP contribution in [0.25, 0.3) is 10.9 Å². The lowest BCUT2D eigenvalue weighted by Crippen LogP contribution is -2.27. The summed E-state index contributed by atoms with van der Waals surface area (Å²) in [7, 11) is 1.79.